The number of hydrogen-bond acceptors (Lipinski definition) is 6. The highest BCUT2D eigenvalue weighted by molar-refractivity contribution is 5.75. The molecule has 0 aliphatic carbocycles. The van der Waals surface area contributed by atoms with Gasteiger partial charge in [-0.2, -0.15) is 0 Å². The zero-order valence-corrected chi connectivity index (χ0v) is 16.0. The lowest BCUT2D eigenvalue weighted by molar-refractivity contribution is 0.374. The molecule has 0 unspecified atom stereocenters. The minimum Gasteiger partial charge on any atom is -0.497 e. The Labute approximate surface area is 156 Å². The van der Waals surface area contributed by atoms with Crippen molar-refractivity contribution in [3.05, 3.63) is 51.3 Å². The van der Waals surface area contributed by atoms with Gasteiger partial charge in [0.1, 0.15) is 11.1 Å². The van der Waals surface area contributed by atoms with Crippen LogP contribution in [-0.4, -0.2) is 51.8 Å². The molecule has 0 fully saturated rings. The van der Waals surface area contributed by atoms with Crippen LogP contribution in [0.5, 0.6) is 5.75 Å². The lowest BCUT2D eigenvalue weighted by Gasteiger charge is -2.14. The third kappa shape index (κ3) is 3.61. The van der Waals surface area contributed by atoms with Crippen molar-refractivity contribution < 1.29 is 4.74 Å². The number of ether oxygens (including phenoxy) is 1. The van der Waals surface area contributed by atoms with E-state index < -0.39 is 0 Å². The molecule has 3 rings (SSSR count). The van der Waals surface area contributed by atoms with E-state index in [-0.39, 0.29) is 11.2 Å². The van der Waals surface area contributed by atoms with Crippen molar-refractivity contribution in [3.63, 3.8) is 0 Å². The number of methoxy groups -OCH3 is 1. The molecular formula is C19H23N5O3. The number of aryl methyl sites for hydroxylation is 1. The number of aromatic nitrogens is 4. The van der Waals surface area contributed by atoms with Gasteiger partial charge in [-0.3, -0.25) is 13.9 Å². The van der Waals surface area contributed by atoms with Crippen LogP contribution in [-0.2, 0) is 13.1 Å². The molecule has 0 saturated carbocycles. The maximum atomic E-state index is 12.8. The molecule has 0 N–H and O–H groups in total. The minimum absolute atomic E-state index is 0.320. The van der Waals surface area contributed by atoms with Crippen LogP contribution in [0.1, 0.15) is 6.92 Å². The van der Waals surface area contributed by atoms with Crippen LogP contribution in [0.4, 0.5) is 0 Å². The average Bonchev–Trinajstić information content (AvgIpc) is 2.67. The van der Waals surface area contributed by atoms with Crippen LogP contribution in [0.2, 0.25) is 0 Å². The molecule has 27 heavy (non-hydrogen) atoms. The van der Waals surface area contributed by atoms with Crippen molar-refractivity contribution in [2.45, 2.75) is 20.0 Å². The fourth-order valence-electron chi connectivity index (χ4n) is 2.86. The first kappa shape index (κ1) is 18.8. The maximum absolute atomic E-state index is 12.8. The molecule has 0 aliphatic rings. The van der Waals surface area contributed by atoms with Gasteiger partial charge in [-0.1, -0.05) is 0 Å². The largest absolute Gasteiger partial charge is 0.497 e. The Morgan fingerprint density at radius 3 is 2.41 bits per heavy atom. The summed E-state index contributed by atoms with van der Waals surface area (Å²) in [6, 6.07) is 7.31. The molecule has 2 heterocycles. The van der Waals surface area contributed by atoms with E-state index in [1.807, 2.05) is 50.2 Å². The molecule has 0 saturated heterocycles. The highest BCUT2D eigenvalue weighted by atomic mass is 16.5. The molecule has 2 aromatic heterocycles. The average molecular weight is 369 g/mol. The zero-order chi connectivity index (χ0) is 19.6. The standard InChI is InChI=1S/C19H23N5O3/c1-5-23-17-15(18(25)24(19(23)26)11-10-22(2)3)12-20-16(21-17)13-6-8-14(27-4)9-7-13/h6-9,12H,5,10-11H2,1-4H3. The Hall–Kier alpha value is -3.00. The quantitative estimate of drug-likeness (QED) is 0.650. The monoisotopic (exact) mass is 369 g/mol. The van der Waals surface area contributed by atoms with Gasteiger partial charge in [-0.05, 0) is 45.3 Å². The summed E-state index contributed by atoms with van der Waals surface area (Å²) >= 11 is 0. The number of benzene rings is 1. The van der Waals surface area contributed by atoms with E-state index in [0.717, 1.165) is 11.3 Å². The Morgan fingerprint density at radius 2 is 1.81 bits per heavy atom. The van der Waals surface area contributed by atoms with Crippen LogP contribution in [0.25, 0.3) is 22.4 Å². The van der Waals surface area contributed by atoms with Gasteiger partial charge in [0.2, 0.25) is 0 Å². The highest BCUT2D eigenvalue weighted by Crippen LogP contribution is 2.20. The summed E-state index contributed by atoms with van der Waals surface area (Å²) in [6.07, 6.45) is 1.50. The fourth-order valence-corrected chi connectivity index (χ4v) is 2.86. The highest BCUT2D eigenvalue weighted by Gasteiger charge is 2.15. The van der Waals surface area contributed by atoms with Gasteiger partial charge in [0.25, 0.3) is 5.56 Å². The summed E-state index contributed by atoms with van der Waals surface area (Å²) in [6.45, 7) is 3.18. The third-order valence-electron chi connectivity index (χ3n) is 4.40. The third-order valence-corrected chi connectivity index (χ3v) is 4.40. The van der Waals surface area contributed by atoms with Gasteiger partial charge >= 0.3 is 5.69 Å². The Morgan fingerprint density at radius 1 is 1.11 bits per heavy atom. The van der Waals surface area contributed by atoms with Crippen molar-refractivity contribution in [2.75, 3.05) is 27.7 Å². The number of nitrogens with zero attached hydrogens (tertiary/aromatic N) is 5. The molecule has 3 aromatic rings. The summed E-state index contributed by atoms with van der Waals surface area (Å²) < 4.78 is 7.93. The second kappa shape index (κ2) is 7.71. The van der Waals surface area contributed by atoms with Crippen molar-refractivity contribution in [1.82, 2.24) is 24.0 Å². The first-order valence-electron chi connectivity index (χ1n) is 8.75. The zero-order valence-electron chi connectivity index (χ0n) is 16.0. The first-order chi connectivity index (χ1) is 13.0. The van der Waals surface area contributed by atoms with Crippen molar-refractivity contribution in [3.8, 4) is 17.1 Å². The van der Waals surface area contributed by atoms with Crippen LogP contribution in [0.3, 0.4) is 0 Å². The van der Waals surface area contributed by atoms with Crippen LogP contribution in [0.15, 0.2) is 40.1 Å². The molecule has 142 valence electrons. The first-order valence-corrected chi connectivity index (χ1v) is 8.75. The molecule has 0 bridgehead atoms. The second-order valence-corrected chi connectivity index (χ2v) is 6.45. The van der Waals surface area contributed by atoms with E-state index in [1.165, 1.54) is 15.3 Å². The van der Waals surface area contributed by atoms with E-state index in [9.17, 15) is 9.59 Å². The Kier molecular flexibility index (Phi) is 5.36. The van der Waals surface area contributed by atoms with Crippen molar-refractivity contribution in [2.24, 2.45) is 0 Å². The molecule has 0 radical (unpaired) electrons. The number of hydrogen-bond donors (Lipinski definition) is 0. The fraction of sp³-hybridized carbons (Fsp3) is 0.368. The van der Waals surface area contributed by atoms with Gasteiger partial charge in [0.15, 0.2) is 11.5 Å². The maximum Gasteiger partial charge on any atom is 0.332 e. The SMILES string of the molecule is CCn1c(=O)n(CCN(C)C)c(=O)c2cnc(-c3ccc(OC)cc3)nc21. The van der Waals surface area contributed by atoms with E-state index in [0.29, 0.717) is 36.5 Å². The second-order valence-electron chi connectivity index (χ2n) is 6.45. The predicted molar refractivity (Wildman–Crippen MR) is 104 cm³/mol. The van der Waals surface area contributed by atoms with Crippen molar-refractivity contribution in [1.29, 1.82) is 0 Å². The summed E-state index contributed by atoms with van der Waals surface area (Å²) in [5.74, 6) is 1.19. The van der Waals surface area contributed by atoms with Gasteiger partial charge in [0.05, 0.1) is 7.11 Å². The number of fused-ring (bicyclic) bond motifs is 1. The lowest BCUT2D eigenvalue weighted by Crippen LogP contribution is -2.42. The van der Waals surface area contributed by atoms with Gasteiger partial charge in [-0.15, -0.1) is 0 Å². The molecule has 0 spiro atoms. The topological polar surface area (TPSA) is 82.2 Å². The van der Waals surface area contributed by atoms with Gasteiger partial charge < -0.3 is 9.64 Å². The molecule has 0 atom stereocenters. The summed E-state index contributed by atoms with van der Waals surface area (Å²) in [5.41, 5.74) is 0.429. The van der Waals surface area contributed by atoms with Crippen LogP contribution >= 0.6 is 0 Å². The molecule has 1 aromatic carbocycles. The minimum atomic E-state index is -0.358. The normalized spacial score (nSPS) is 11.3. The molecule has 0 amide bonds. The van der Waals surface area contributed by atoms with Gasteiger partial charge in [-0.25, -0.2) is 14.8 Å². The summed E-state index contributed by atoms with van der Waals surface area (Å²) in [4.78, 5) is 36.4. The Balaban J connectivity index is 2.17. The van der Waals surface area contributed by atoms with Crippen LogP contribution < -0.4 is 16.0 Å². The Bertz CT molecular complexity index is 1070. The van der Waals surface area contributed by atoms with Crippen LogP contribution in [0, 0.1) is 0 Å². The smallest absolute Gasteiger partial charge is 0.332 e. The van der Waals surface area contributed by atoms with E-state index in [4.69, 9.17) is 4.74 Å². The summed E-state index contributed by atoms with van der Waals surface area (Å²) in [5, 5.41) is 0.340. The number of likely N-dealkylation sites (N-methyl/N-ethyl adjacent to an activating group) is 1. The molecule has 8 nitrogen and oxygen atoms in total. The molecular weight excluding hydrogens is 346 g/mol. The molecule has 0 aliphatic heterocycles. The van der Waals surface area contributed by atoms with Crippen molar-refractivity contribution >= 4 is 11.0 Å². The van der Waals surface area contributed by atoms with Gasteiger partial charge in [0, 0.05) is 31.4 Å². The lowest BCUT2D eigenvalue weighted by atomic mass is 10.2. The van der Waals surface area contributed by atoms with E-state index in [2.05, 4.69) is 9.97 Å². The molecule has 8 heteroatoms. The number of rotatable bonds is 6. The van der Waals surface area contributed by atoms with E-state index in [1.54, 1.807) is 7.11 Å². The predicted octanol–water partition coefficient (Wildman–Crippen LogP) is 1.21. The summed E-state index contributed by atoms with van der Waals surface area (Å²) in [7, 11) is 5.39. The van der Waals surface area contributed by atoms with E-state index >= 15 is 0 Å².